The molecular formula is C31H33NO4. The summed E-state index contributed by atoms with van der Waals surface area (Å²) in [6.45, 7) is 3.93. The first-order chi connectivity index (χ1) is 17.7. The van der Waals surface area contributed by atoms with Gasteiger partial charge in [0.1, 0.15) is 23.9 Å². The SMILES string of the molecule is COc1cccc(C2=C(C(=O)c3ccc(OCCN4CCCC4)cc3)c3ccc(OC)cc3CC2)c1. The molecule has 0 unspecified atom stereocenters. The van der Waals surface area contributed by atoms with Gasteiger partial charge in [0.05, 0.1) is 14.2 Å². The third-order valence-electron chi connectivity index (χ3n) is 7.16. The van der Waals surface area contributed by atoms with Crippen LogP contribution < -0.4 is 14.2 Å². The molecule has 0 radical (unpaired) electrons. The third kappa shape index (κ3) is 5.17. The van der Waals surface area contributed by atoms with Crippen molar-refractivity contribution in [1.82, 2.24) is 4.90 Å². The van der Waals surface area contributed by atoms with Crippen LogP contribution in [-0.4, -0.2) is 51.1 Å². The number of methoxy groups -OCH3 is 2. The predicted molar refractivity (Wildman–Crippen MR) is 143 cm³/mol. The number of fused-ring (bicyclic) bond motifs is 1. The molecule has 0 spiro atoms. The molecule has 1 saturated heterocycles. The Morgan fingerprint density at radius 2 is 1.56 bits per heavy atom. The first kappa shape index (κ1) is 24.1. The van der Waals surface area contributed by atoms with Gasteiger partial charge in [-0.05, 0) is 110 Å². The molecule has 1 fully saturated rings. The summed E-state index contributed by atoms with van der Waals surface area (Å²) in [4.78, 5) is 16.4. The Bertz CT molecular complexity index is 1260. The normalized spacial score (nSPS) is 15.5. The molecule has 0 bridgehead atoms. The highest BCUT2D eigenvalue weighted by Gasteiger charge is 2.27. The van der Waals surface area contributed by atoms with E-state index in [2.05, 4.69) is 11.0 Å². The van der Waals surface area contributed by atoms with E-state index in [1.54, 1.807) is 14.2 Å². The molecule has 186 valence electrons. The third-order valence-corrected chi connectivity index (χ3v) is 7.16. The number of carbonyl (C=O) groups is 1. The van der Waals surface area contributed by atoms with E-state index in [-0.39, 0.29) is 5.78 Å². The van der Waals surface area contributed by atoms with Crippen LogP contribution in [0.5, 0.6) is 17.2 Å². The zero-order valence-electron chi connectivity index (χ0n) is 21.1. The molecule has 5 nitrogen and oxygen atoms in total. The number of hydrogen-bond acceptors (Lipinski definition) is 5. The van der Waals surface area contributed by atoms with Crippen LogP contribution in [0.2, 0.25) is 0 Å². The summed E-state index contributed by atoms with van der Waals surface area (Å²) in [5, 5.41) is 0. The van der Waals surface area contributed by atoms with Gasteiger partial charge in [0, 0.05) is 17.7 Å². The molecule has 1 heterocycles. The van der Waals surface area contributed by atoms with Gasteiger partial charge in [-0.1, -0.05) is 18.2 Å². The molecule has 3 aromatic rings. The van der Waals surface area contributed by atoms with Crippen LogP contribution in [0, 0.1) is 0 Å². The van der Waals surface area contributed by atoms with Crippen molar-refractivity contribution in [2.75, 3.05) is 40.5 Å². The summed E-state index contributed by atoms with van der Waals surface area (Å²) < 4.78 is 16.9. The Morgan fingerprint density at radius 3 is 2.31 bits per heavy atom. The van der Waals surface area contributed by atoms with Crippen LogP contribution in [0.3, 0.4) is 0 Å². The summed E-state index contributed by atoms with van der Waals surface area (Å²) in [7, 11) is 3.33. The largest absolute Gasteiger partial charge is 0.497 e. The maximum Gasteiger partial charge on any atom is 0.193 e. The van der Waals surface area contributed by atoms with Crippen molar-refractivity contribution in [3.05, 3.63) is 89.0 Å². The van der Waals surface area contributed by atoms with Gasteiger partial charge in [0.2, 0.25) is 0 Å². The Hall–Kier alpha value is -3.57. The molecule has 5 rings (SSSR count). The van der Waals surface area contributed by atoms with Crippen molar-refractivity contribution < 1.29 is 19.0 Å². The van der Waals surface area contributed by atoms with E-state index in [9.17, 15) is 4.79 Å². The molecule has 2 aliphatic rings. The van der Waals surface area contributed by atoms with Crippen molar-refractivity contribution in [3.8, 4) is 17.2 Å². The molecule has 3 aromatic carbocycles. The number of ketones is 1. The van der Waals surface area contributed by atoms with Gasteiger partial charge < -0.3 is 14.2 Å². The van der Waals surface area contributed by atoms with E-state index in [0.29, 0.717) is 12.2 Å². The zero-order valence-corrected chi connectivity index (χ0v) is 21.1. The topological polar surface area (TPSA) is 48.0 Å². The highest BCUT2D eigenvalue weighted by atomic mass is 16.5. The standard InChI is InChI=1S/C31H33NO4/c1-34-26-7-5-6-23(20-26)28-14-10-24-21-27(35-2)13-15-29(24)30(28)31(33)22-8-11-25(12-9-22)36-19-18-32-16-3-4-17-32/h5-9,11-13,15,20-21H,3-4,10,14,16-19H2,1-2H3. The quantitative estimate of drug-likeness (QED) is 0.354. The highest BCUT2D eigenvalue weighted by molar-refractivity contribution is 6.35. The second-order valence-corrected chi connectivity index (χ2v) is 9.36. The Labute approximate surface area is 213 Å². The number of hydrogen-bond donors (Lipinski definition) is 0. The lowest BCUT2D eigenvalue weighted by molar-refractivity contribution is 0.105. The summed E-state index contributed by atoms with van der Waals surface area (Å²) in [5.41, 5.74) is 5.56. The smallest absolute Gasteiger partial charge is 0.193 e. The minimum atomic E-state index is 0.0163. The molecule has 5 heteroatoms. The minimum absolute atomic E-state index is 0.0163. The first-order valence-corrected chi connectivity index (χ1v) is 12.7. The Balaban J connectivity index is 1.45. The zero-order chi connectivity index (χ0) is 24.9. The second-order valence-electron chi connectivity index (χ2n) is 9.36. The minimum Gasteiger partial charge on any atom is -0.497 e. The van der Waals surface area contributed by atoms with E-state index < -0.39 is 0 Å². The van der Waals surface area contributed by atoms with Crippen molar-refractivity contribution in [2.45, 2.75) is 25.7 Å². The highest BCUT2D eigenvalue weighted by Crippen LogP contribution is 2.40. The van der Waals surface area contributed by atoms with Crippen LogP contribution in [0.1, 0.15) is 46.3 Å². The maximum atomic E-state index is 14.0. The van der Waals surface area contributed by atoms with Crippen molar-refractivity contribution in [1.29, 1.82) is 0 Å². The van der Waals surface area contributed by atoms with Gasteiger partial charge >= 0.3 is 0 Å². The van der Waals surface area contributed by atoms with Crippen molar-refractivity contribution in [2.24, 2.45) is 0 Å². The van der Waals surface area contributed by atoms with Crippen LogP contribution in [0.25, 0.3) is 11.1 Å². The van der Waals surface area contributed by atoms with Gasteiger partial charge in [-0.15, -0.1) is 0 Å². The number of allylic oxidation sites excluding steroid dienone is 2. The van der Waals surface area contributed by atoms with E-state index in [0.717, 1.165) is 77.6 Å². The summed E-state index contributed by atoms with van der Waals surface area (Å²) in [6, 6.07) is 21.5. The van der Waals surface area contributed by atoms with Gasteiger partial charge in [-0.2, -0.15) is 0 Å². The van der Waals surface area contributed by atoms with Gasteiger partial charge in [0.15, 0.2) is 5.78 Å². The number of rotatable bonds is 9. The van der Waals surface area contributed by atoms with E-state index in [1.807, 2.05) is 60.7 Å². The Kier molecular flexibility index (Phi) is 7.38. The lowest BCUT2D eigenvalue weighted by Gasteiger charge is -2.24. The lowest BCUT2D eigenvalue weighted by Crippen LogP contribution is -2.25. The molecule has 36 heavy (non-hydrogen) atoms. The number of aryl methyl sites for hydroxylation is 1. The monoisotopic (exact) mass is 483 g/mol. The van der Waals surface area contributed by atoms with E-state index >= 15 is 0 Å². The van der Waals surface area contributed by atoms with Gasteiger partial charge in [-0.3, -0.25) is 9.69 Å². The van der Waals surface area contributed by atoms with Crippen LogP contribution in [0.15, 0.2) is 66.7 Å². The molecule has 0 amide bonds. The fraction of sp³-hybridized carbons (Fsp3) is 0.323. The molecule has 0 atom stereocenters. The fourth-order valence-corrected chi connectivity index (χ4v) is 5.20. The number of ether oxygens (including phenoxy) is 3. The number of nitrogens with zero attached hydrogens (tertiary/aromatic N) is 1. The number of likely N-dealkylation sites (tertiary alicyclic amines) is 1. The van der Waals surface area contributed by atoms with Crippen LogP contribution in [-0.2, 0) is 6.42 Å². The molecule has 1 aliphatic heterocycles. The summed E-state index contributed by atoms with van der Waals surface area (Å²) >= 11 is 0. The molecule has 0 N–H and O–H groups in total. The summed E-state index contributed by atoms with van der Waals surface area (Å²) in [5.74, 6) is 2.40. The Morgan fingerprint density at radius 1 is 0.833 bits per heavy atom. The number of carbonyl (C=O) groups excluding carboxylic acids is 1. The van der Waals surface area contributed by atoms with Crippen molar-refractivity contribution >= 4 is 16.9 Å². The molecule has 1 aliphatic carbocycles. The molecular weight excluding hydrogens is 450 g/mol. The predicted octanol–water partition coefficient (Wildman–Crippen LogP) is 5.92. The van der Waals surface area contributed by atoms with Crippen LogP contribution >= 0.6 is 0 Å². The summed E-state index contributed by atoms with van der Waals surface area (Å²) in [6.07, 6.45) is 4.17. The average Bonchev–Trinajstić information content (AvgIpc) is 3.45. The first-order valence-electron chi connectivity index (χ1n) is 12.7. The van der Waals surface area contributed by atoms with E-state index in [4.69, 9.17) is 14.2 Å². The van der Waals surface area contributed by atoms with Crippen LogP contribution in [0.4, 0.5) is 0 Å². The fourth-order valence-electron chi connectivity index (χ4n) is 5.20. The number of benzene rings is 3. The second kappa shape index (κ2) is 11.0. The van der Waals surface area contributed by atoms with Gasteiger partial charge in [-0.25, -0.2) is 0 Å². The molecule has 0 saturated carbocycles. The molecule has 0 aromatic heterocycles. The average molecular weight is 484 g/mol. The van der Waals surface area contributed by atoms with E-state index in [1.165, 1.54) is 12.8 Å². The lowest BCUT2D eigenvalue weighted by atomic mass is 9.79. The maximum absolute atomic E-state index is 14.0. The number of Topliss-reactive ketones (excluding diaryl/α,β-unsaturated/α-hetero) is 1. The van der Waals surface area contributed by atoms with Gasteiger partial charge in [0.25, 0.3) is 0 Å². The van der Waals surface area contributed by atoms with Crippen molar-refractivity contribution in [3.63, 3.8) is 0 Å².